The Morgan fingerprint density at radius 3 is 2.54 bits per heavy atom. The van der Waals surface area contributed by atoms with Crippen molar-refractivity contribution in [2.75, 3.05) is 0 Å². The maximum absolute atomic E-state index is 11.3. The molecule has 1 aliphatic carbocycles. The van der Waals surface area contributed by atoms with Gasteiger partial charge in [-0.3, -0.25) is 10.2 Å². The number of rotatable bonds is 3. The largest absolute Gasteiger partial charge is 0.352 e. The van der Waals surface area contributed by atoms with Crippen molar-refractivity contribution >= 4 is 11.9 Å². The maximum atomic E-state index is 11.3. The Labute approximate surface area is 76.2 Å². The second-order valence-corrected chi connectivity index (χ2v) is 3.12. The number of urea groups is 1. The van der Waals surface area contributed by atoms with Crippen LogP contribution in [0.5, 0.6) is 0 Å². The Bertz CT molecular complexity index is 215. The summed E-state index contributed by atoms with van der Waals surface area (Å²) in [6.45, 7) is 1.60. The minimum absolute atomic E-state index is 0.175. The third-order valence-electron chi connectivity index (χ3n) is 1.80. The van der Waals surface area contributed by atoms with Crippen LogP contribution < -0.4 is 21.9 Å². The number of hydrogen-bond acceptors (Lipinski definition) is 3. The van der Waals surface area contributed by atoms with E-state index in [1.165, 1.54) is 0 Å². The van der Waals surface area contributed by atoms with Gasteiger partial charge in [-0.25, -0.2) is 10.6 Å². The van der Waals surface area contributed by atoms with Crippen LogP contribution in [-0.4, -0.2) is 24.0 Å². The zero-order valence-electron chi connectivity index (χ0n) is 7.46. The fourth-order valence-electron chi connectivity index (χ4n) is 0.858. The van der Waals surface area contributed by atoms with Gasteiger partial charge in [-0.1, -0.05) is 0 Å². The summed E-state index contributed by atoms with van der Waals surface area (Å²) in [6, 6.07) is -0.805. The fourth-order valence-corrected chi connectivity index (χ4v) is 0.858. The summed E-state index contributed by atoms with van der Waals surface area (Å²) in [4.78, 5) is 22.0. The Hall–Kier alpha value is -1.30. The first-order valence-corrected chi connectivity index (χ1v) is 4.21. The Morgan fingerprint density at radius 2 is 2.08 bits per heavy atom. The molecule has 0 aromatic rings. The first-order valence-electron chi connectivity index (χ1n) is 4.21. The van der Waals surface area contributed by atoms with Gasteiger partial charge in [0.05, 0.1) is 0 Å². The van der Waals surface area contributed by atoms with Gasteiger partial charge in [-0.15, -0.1) is 0 Å². The topological polar surface area (TPSA) is 96.2 Å². The minimum atomic E-state index is -0.557. The normalized spacial score (nSPS) is 17.4. The predicted molar refractivity (Wildman–Crippen MR) is 46.5 cm³/mol. The lowest BCUT2D eigenvalue weighted by Gasteiger charge is -2.12. The van der Waals surface area contributed by atoms with E-state index >= 15 is 0 Å². The average Bonchev–Trinajstić information content (AvgIpc) is 2.87. The van der Waals surface area contributed by atoms with E-state index in [1.807, 2.05) is 5.43 Å². The Kier molecular flexibility index (Phi) is 3.07. The summed E-state index contributed by atoms with van der Waals surface area (Å²) in [5, 5.41) is 5.14. The van der Waals surface area contributed by atoms with Crippen LogP contribution in [0.2, 0.25) is 0 Å². The minimum Gasteiger partial charge on any atom is -0.352 e. The molecule has 1 aliphatic rings. The molecule has 0 spiro atoms. The molecule has 0 aromatic carbocycles. The Morgan fingerprint density at radius 1 is 1.46 bits per heavy atom. The molecular weight excluding hydrogens is 172 g/mol. The lowest BCUT2D eigenvalue weighted by atomic mass is 10.3. The standard InChI is InChI=1S/C7H14N4O2/c1-4(9-7(13)11-8)6(12)10-5-2-3-5/h4-5H,2-3,8H2,1H3,(H,10,12)(H2,9,11,13). The third kappa shape index (κ3) is 3.29. The summed E-state index contributed by atoms with van der Waals surface area (Å²) in [7, 11) is 0. The molecule has 0 aromatic heterocycles. The van der Waals surface area contributed by atoms with Crippen molar-refractivity contribution in [3.8, 4) is 0 Å². The number of hydrazine groups is 1. The highest BCUT2D eigenvalue weighted by atomic mass is 16.2. The summed E-state index contributed by atoms with van der Waals surface area (Å²) >= 11 is 0. The molecule has 13 heavy (non-hydrogen) atoms. The number of carbonyl (C=O) groups is 2. The maximum Gasteiger partial charge on any atom is 0.329 e. The fraction of sp³-hybridized carbons (Fsp3) is 0.714. The molecule has 0 heterocycles. The molecule has 5 N–H and O–H groups in total. The summed E-state index contributed by atoms with van der Waals surface area (Å²) in [5.41, 5.74) is 1.89. The van der Waals surface area contributed by atoms with Gasteiger partial charge in [-0.2, -0.15) is 0 Å². The monoisotopic (exact) mass is 186 g/mol. The molecule has 6 heteroatoms. The zero-order valence-corrected chi connectivity index (χ0v) is 7.46. The molecule has 1 atom stereocenters. The molecule has 3 amide bonds. The number of nitrogens with one attached hydrogen (secondary N) is 3. The molecule has 0 bridgehead atoms. The quantitative estimate of drug-likeness (QED) is 0.254. The van der Waals surface area contributed by atoms with Crippen LogP contribution in [-0.2, 0) is 4.79 Å². The van der Waals surface area contributed by atoms with Gasteiger partial charge in [0.1, 0.15) is 6.04 Å². The van der Waals surface area contributed by atoms with Crippen LogP contribution in [0.15, 0.2) is 0 Å². The van der Waals surface area contributed by atoms with Crippen molar-refractivity contribution in [1.82, 2.24) is 16.1 Å². The van der Waals surface area contributed by atoms with E-state index in [9.17, 15) is 9.59 Å². The van der Waals surface area contributed by atoms with Crippen LogP contribution in [0.1, 0.15) is 19.8 Å². The predicted octanol–water partition coefficient (Wildman–Crippen LogP) is -1.17. The molecule has 6 nitrogen and oxygen atoms in total. The number of nitrogens with two attached hydrogens (primary N) is 1. The first-order chi connectivity index (χ1) is 6.13. The van der Waals surface area contributed by atoms with Crippen molar-refractivity contribution in [2.45, 2.75) is 31.8 Å². The van der Waals surface area contributed by atoms with Crippen LogP contribution >= 0.6 is 0 Å². The molecule has 1 unspecified atom stereocenters. The van der Waals surface area contributed by atoms with Gasteiger partial charge in [0.25, 0.3) is 0 Å². The highest BCUT2D eigenvalue weighted by molar-refractivity contribution is 5.86. The molecule has 0 aliphatic heterocycles. The Balaban J connectivity index is 2.23. The van der Waals surface area contributed by atoms with Gasteiger partial charge >= 0.3 is 6.03 Å². The van der Waals surface area contributed by atoms with E-state index in [0.29, 0.717) is 6.04 Å². The molecule has 0 radical (unpaired) electrons. The van der Waals surface area contributed by atoms with Crippen molar-refractivity contribution in [3.05, 3.63) is 0 Å². The van der Waals surface area contributed by atoms with Crippen LogP contribution in [0.4, 0.5) is 4.79 Å². The van der Waals surface area contributed by atoms with E-state index in [4.69, 9.17) is 5.84 Å². The number of carbonyl (C=O) groups excluding carboxylic acids is 2. The van der Waals surface area contributed by atoms with Crippen molar-refractivity contribution in [3.63, 3.8) is 0 Å². The van der Waals surface area contributed by atoms with Crippen LogP contribution in [0, 0.1) is 0 Å². The van der Waals surface area contributed by atoms with E-state index < -0.39 is 12.1 Å². The lowest BCUT2D eigenvalue weighted by molar-refractivity contribution is -0.122. The third-order valence-corrected chi connectivity index (χ3v) is 1.80. The second kappa shape index (κ2) is 4.08. The second-order valence-electron chi connectivity index (χ2n) is 3.12. The average molecular weight is 186 g/mol. The van der Waals surface area contributed by atoms with E-state index in [2.05, 4.69) is 10.6 Å². The summed E-state index contributed by atoms with van der Waals surface area (Å²) in [6.07, 6.45) is 2.06. The van der Waals surface area contributed by atoms with Crippen molar-refractivity contribution < 1.29 is 9.59 Å². The molecule has 74 valence electrons. The van der Waals surface area contributed by atoms with Gasteiger partial charge in [0.2, 0.25) is 5.91 Å². The number of hydrogen-bond donors (Lipinski definition) is 4. The number of amides is 3. The highest BCUT2D eigenvalue weighted by Gasteiger charge is 2.25. The van der Waals surface area contributed by atoms with E-state index in [1.54, 1.807) is 6.92 Å². The molecule has 0 saturated heterocycles. The molecule has 1 saturated carbocycles. The highest BCUT2D eigenvalue weighted by Crippen LogP contribution is 2.18. The molecular formula is C7H14N4O2. The zero-order chi connectivity index (χ0) is 9.84. The summed E-state index contributed by atoms with van der Waals surface area (Å²) < 4.78 is 0. The van der Waals surface area contributed by atoms with E-state index in [-0.39, 0.29) is 5.91 Å². The van der Waals surface area contributed by atoms with Crippen LogP contribution in [0.25, 0.3) is 0 Å². The van der Waals surface area contributed by atoms with Crippen molar-refractivity contribution in [1.29, 1.82) is 0 Å². The van der Waals surface area contributed by atoms with Gasteiger partial charge in [0.15, 0.2) is 0 Å². The molecule has 1 fully saturated rings. The SMILES string of the molecule is CC(NC(=O)NN)C(=O)NC1CC1. The van der Waals surface area contributed by atoms with Gasteiger partial charge in [-0.05, 0) is 19.8 Å². The smallest absolute Gasteiger partial charge is 0.329 e. The van der Waals surface area contributed by atoms with E-state index in [0.717, 1.165) is 12.8 Å². The van der Waals surface area contributed by atoms with Gasteiger partial charge < -0.3 is 10.6 Å². The lowest BCUT2D eigenvalue weighted by Crippen LogP contribution is -2.50. The first kappa shape index (κ1) is 9.79. The van der Waals surface area contributed by atoms with Gasteiger partial charge in [0, 0.05) is 6.04 Å². The van der Waals surface area contributed by atoms with Crippen LogP contribution in [0.3, 0.4) is 0 Å². The molecule has 1 rings (SSSR count). The summed E-state index contributed by atoms with van der Waals surface area (Å²) in [5.74, 6) is 4.67. The van der Waals surface area contributed by atoms with Crippen molar-refractivity contribution in [2.24, 2.45) is 5.84 Å².